The second-order valence-corrected chi connectivity index (χ2v) is 4.85. The number of carbonyl (C=O) groups excluding carboxylic acids is 1. The zero-order chi connectivity index (χ0) is 13.8. The van der Waals surface area contributed by atoms with Crippen molar-refractivity contribution in [3.05, 3.63) is 5.28 Å². The van der Waals surface area contributed by atoms with Gasteiger partial charge in [0.05, 0.1) is 6.54 Å². The number of hydrogen-bond acceptors (Lipinski definition) is 6. The van der Waals surface area contributed by atoms with Gasteiger partial charge in [0.2, 0.25) is 23.1 Å². The van der Waals surface area contributed by atoms with Gasteiger partial charge < -0.3 is 16.0 Å². The minimum atomic E-state index is -0.408. The molecule has 1 aromatic rings. The topological polar surface area (TPSA) is 97.0 Å². The van der Waals surface area contributed by atoms with Crippen LogP contribution in [0, 0.1) is 0 Å². The van der Waals surface area contributed by atoms with Gasteiger partial charge in [-0.15, -0.1) is 0 Å². The molecule has 0 saturated heterocycles. The summed E-state index contributed by atoms with van der Waals surface area (Å²) in [5, 5.41) is 2.92. The highest BCUT2D eigenvalue weighted by Crippen LogP contribution is 2.26. The van der Waals surface area contributed by atoms with Gasteiger partial charge in [0, 0.05) is 13.1 Å². The minimum Gasteiger partial charge on any atom is -0.368 e. The smallest absolute Gasteiger partial charge is 0.237 e. The Kier molecular flexibility index (Phi) is 4.36. The monoisotopic (exact) mass is 284 g/mol. The highest BCUT2D eigenvalue weighted by Gasteiger charge is 2.26. The Morgan fingerprint density at radius 2 is 2.11 bits per heavy atom. The van der Waals surface area contributed by atoms with Gasteiger partial charge >= 0.3 is 0 Å². The number of nitrogens with two attached hydrogens (primary N) is 1. The number of nitrogens with one attached hydrogen (secondary N) is 1. The van der Waals surface area contributed by atoms with Crippen LogP contribution in [-0.4, -0.2) is 40.5 Å². The van der Waals surface area contributed by atoms with Crippen molar-refractivity contribution in [2.24, 2.45) is 5.73 Å². The first-order valence-electron chi connectivity index (χ1n) is 6.24. The summed E-state index contributed by atoms with van der Waals surface area (Å²) in [7, 11) is 1.70. The van der Waals surface area contributed by atoms with Crippen molar-refractivity contribution in [1.29, 1.82) is 0 Å². The van der Waals surface area contributed by atoms with E-state index in [4.69, 9.17) is 17.3 Å². The Labute approximate surface area is 116 Å². The first-order valence-corrected chi connectivity index (χ1v) is 6.62. The molecule has 3 N–H and O–H groups in total. The standard InChI is InChI=1S/C11H17ClN6O/c1-14-10-15-9(12)16-11(17-10)18(6-8(13)19)7-4-2-3-5-7/h7H,2-6H2,1H3,(H2,13,19)(H,14,15,16,17). The number of halogens is 1. The molecule has 1 amide bonds. The third-order valence-electron chi connectivity index (χ3n) is 3.17. The van der Waals surface area contributed by atoms with E-state index in [0.717, 1.165) is 25.7 Å². The Morgan fingerprint density at radius 3 is 2.68 bits per heavy atom. The summed E-state index contributed by atoms with van der Waals surface area (Å²) in [4.78, 5) is 25.3. The van der Waals surface area contributed by atoms with E-state index in [2.05, 4.69) is 20.3 Å². The number of amides is 1. The van der Waals surface area contributed by atoms with E-state index in [1.165, 1.54) is 0 Å². The van der Waals surface area contributed by atoms with Crippen molar-refractivity contribution in [3.8, 4) is 0 Å². The quantitative estimate of drug-likeness (QED) is 0.830. The van der Waals surface area contributed by atoms with Gasteiger partial charge in [0.25, 0.3) is 0 Å². The molecule has 1 aliphatic carbocycles. The predicted octanol–water partition coefficient (Wildman–Crippen LogP) is 0.801. The van der Waals surface area contributed by atoms with Crippen molar-refractivity contribution >= 4 is 29.4 Å². The van der Waals surface area contributed by atoms with E-state index >= 15 is 0 Å². The fourth-order valence-corrected chi connectivity index (χ4v) is 2.48. The molecule has 1 saturated carbocycles. The molecule has 0 unspecified atom stereocenters. The van der Waals surface area contributed by atoms with Crippen LogP contribution in [0.25, 0.3) is 0 Å². The van der Waals surface area contributed by atoms with Crippen LogP contribution in [0.2, 0.25) is 5.28 Å². The Hall–Kier alpha value is -1.63. The van der Waals surface area contributed by atoms with Crippen molar-refractivity contribution in [1.82, 2.24) is 15.0 Å². The van der Waals surface area contributed by atoms with E-state index < -0.39 is 5.91 Å². The summed E-state index contributed by atoms with van der Waals surface area (Å²) >= 11 is 5.87. The van der Waals surface area contributed by atoms with Crippen LogP contribution in [0.1, 0.15) is 25.7 Å². The summed E-state index contributed by atoms with van der Waals surface area (Å²) in [5.74, 6) is 0.368. The number of aromatic nitrogens is 3. The van der Waals surface area contributed by atoms with Crippen molar-refractivity contribution < 1.29 is 4.79 Å². The number of anilines is 2. The number of primary amides is 1. The lowest BCUT2D eigenvalue weighted by atomic mass is 10.2. The molecule has 1 fully saturated rings. The molecule has 2 rings (SSSR count). The van der Waals surface area contributed by atoms with Crippen LogP contribution in [0.3, 0.4) is 0 Å². The van der Waals surface area contributed by atoms with Gasteiger partial charge in [0.1, 0.15) is 0 Å². The Bertz CT molecular complexity index is 462. The van der Waals surface area contributed by atoms with E-state index in [1.807, 2.05) is 4.90 Å². The first kappa shape index (κ1) is 13.8. The van der Waals surface area contributed by atoms with Crippen LogP contribution in [0.4, 0.5) is 11.9 Å². The zero-order valence-corrected chi connectivity index (χ0v) is 11.5. The maximum Gasteiger partial charge on any atom is 0.237 e. The van der Waals surface area contributed by atoms with Crippen LogP contribution in [0.15, 0.2) is 0 Å². The first-order chi connectivity index (χ1) is 9.10. The van der Waals surface area contributed by atoms with Gasteiger partial charge in [-0.3, -0.25) is 4.79 Å². The normalized spacial score (nSPS) is 15.5. The van der Waals surface area contributed by atoms with Crippen molar-refractivity contribution in [2.75, 3.05) is 23.8 Å². The van der Waals surface area contributed by atoms with Crippen LogP contribution >= 0.6 is 11.6 Å². The summed E-state index contributed by atoms with van der Waals surface area (Å²) in [5.41, 5.74) is 5.31. The Morgan fingerprint density at radius 1 is 1.42 bits per heavy atom. The third-order valence-corrected chi connectivity index (χ3v) is 3.34. The van der Waals surface area contributed by atoms with Crippen LogP contribution < -0.4 is 16.0 Å². The van der Waals surface area contributed by atoms with E-state index in [1.54, 1.807) is 7.05 Å². The second kappa shape index (κ2) is 6.01. The van der Waals surface area contributed by atoms with Gasteiger partial charge in [0.15, 0.2) is 0 Å². The number of carbonyl (C=O) groups is 1. The Balaban J connectivity index is 2.30. The molecule has 0 atom stereocenters. The summed E-state index contributed by atoms with van der Waals surface area (Å²) in [6, 6.07) is 0.232. The van der Waals surface area contributed by atoms with Gasteiger partial charge in [-0.2, -0.15) is 15.0 Å². The van der Waals surface area contributed by atoms with Crippen LogP contribution in [0.5, 0.6) is 0 Å². The molecule has 0 bridgehead atoms. The molecule has 7 nitrogen and oxygen atoms in total. The summed E-state index contributed by atoms with van der Waals surface area (Å²) < 4.78 is 0. The highest BCUT2D eigenvalue weighted by atomic mass is 35.5. The van der Waals surface area contributed by atoms with Crippen LogP contribution in [-0.2, 0) is 4.79 Å². The van der Waals surface area contributed by atoms with Gasteiger partial charge in [-0.25, -0.2) is 0 Å². The lowest BCUT2D eigenvalue weighted by Crippen LogP contribution is -2.41. The molecule has 8 heteroatoms. The molecule has 19 heavy (non-hydrogen) atoms. The third kappa shape index (κ3) is 3.44. The molecule has 1 aliphatic rings. The second-order valence-electron chi connectivity index (χ2n) is 4.51. The molecule has 0 aromatic carbocycles. The van der Waals surface area contributed by atoms with Crippen molar-refractivity contribution in [2.45, 2.75) is 31.7 Å². The van der Waals surface area contributed by atoms with Gasteiger partial charge in [-0.05, 0) is 24.4 Å². The molecular formula is C11H17ClN6O. The number of rotatable bonds is 5. The molecule has 1 aromatic heterocycles. The summed E-state index contributed by atoms with van der Waals surface area (Å²) in [6.45, 7) is 0.0914. The largest absolute Gasteiger partial charge is 0.368 e. The number of nitrogens with zero attached hydrogens (tertiary/aromatic N) is 4. The molecular weight excluding hydrogens is 268 g/mol. The fourth-order valence-electron chi connectivity index (χ4n) is 2.33. The SMILES string of the molecule is CNc1nc(Cl)nc(N(CC(N)=O)C2CCCC2)n1. The molecule has 0 aliphatic heterocycles. The lowest BCUT2D eigenvalue weighted by molar-refractivity contribution is -0.116. The molecule has 1 heterocycles. The lowest BCUT2D eigenvalue weighted by Gasteiger charge is -2.27. The van der Waals surface area contributed by atoms with E-state index in [0.29, 0.717) is 11.9 Å². The van der Waals surface area contributed by atoms with Gasteiger partial charge in [-0.1, -0.05) is 12.8 Å². The molecule has 0 radical (unpaired) electrons. The fraction of sp³-hybridized carbons (Fsp3) is 0.636. The highest BCUT2D eigenvalue weighted by molar-refractivity contribution is 6.28. The van der Waals surface area contributed by atoms with E-state index in [-0.39, 0.29) is 17.9 Å². The molecule has 0 spiro atoms. The molecule has 104 valence electrons. The predicted molar refractivity (Wildman–Crippen MR) is 73.2 cm³/mol. The maximum atomic E-state index is 11.2. The zero-order valence-electron chi connectivity index (χ0n) is 10.8. The number of hydrogen-bond donors (Lipinski definition) is 2. The summed E-state index contributed by atoms with van der Waals surface area (Å²) in [6.07, 6.45) is 4.28. The minimum absolute atomic E-state index is 0.0914. The average molecular weight is 285 g/mol. The van der Waals surface area contributed by atoms with E-state index in [9.17, 15) is 4.79 Å². The average Bonchev–Trinajstić information content (AvgIpc) is 2.88. The van der Waals surface area contributed by atoms with Crippen molar-refractivity contribution in [3.63, 3.8) is 0 Å². The maximum absolute atomic E-state index is 11.2.